The summed E-state index contributed by atoms with van der Waals surface area (Å²) in [5.74, 6) is 0.161. The van der Waals surface area contributed by atoms with E-state index in [-0.39, 0.29) is 5.91 Å². The van der Waals surface area contributed by atoms with Gasteiger partial charge < -0.3 is 5.32 Å². The van der Waals surface area contributed by atoms with Crippen molar-refractivity contribution in [3.8, 4) is 5.82 Å². The van der Waals surface area contributed by atoms with Gasteiger partial charge in [0.15, 0.2) is 5.82 Å². The van der Waals surface area contributed by atoms with Crippen molar-refractivity contribution in [2.45, 2.75) is 6.92 Å². The number of halogens is 1. The molecule has 0 atom stereocenters. The average molecular weight is 314 g/mol. The van der Waals surface area contributed by atoms with E-state index in [1.165, 1.54) is 12.5 Å². The summed E-state index contributed by atoms with van der Waals surface area (Å²) in [5.41, 5.74) is 1.69. The number of rotatable bonds is 3. The zero-order valence-corrected chi connectivity index (χ0v) is 12.4. The zero-order chi connectivity index (χ0) is 15.5. The Labute approximate surface area is 131 Å². The Morgan fingerprint density at radius 1 is 1.32 bits per heavy atom. The van der Waals surface area contributed by atoms with E-state index < -0.39 is 0 Å². The fraction of sp³-hybridized carbons (Fsp3) is 0.0667. The third-order valence-electron chi connectivity index (χ3n) is 3.10. The molecule has 0 aliphatic heterocycles. The molecule has 0 spiro atoms. The number of anilines is 1. The molecule has 110 valence electrons. The monoisotopic (exact) mass is 313 g/mol. The molecule has 3 rings (SSSR count). The van der Waals surface area contributed by atoms with Gasteiger partial charge in [0.2, 0.25) is 0 Å². The van der Waals surface area contributed by atoms with Crippen LogP contribution in [0.4, 0.5) is 5.69 Å². The molecule has 1 aromatic carbocycles. The lowest BCUT2D eigenvalue weighted by Crippen LogP contribution is -2.15. The number of amides is 1. The van der Waals surface area contributed by atoms with Gasteiger partial charge in [0.25, 0.3) is 5.91 Å². The van der Waals surface area contributed by atoms with Crippen molar-refractivity contribution in [2.75, 3.05) is 5.32 Å². The molecule has 22 heavy (non-hydrogen) atoms. The second kappa shape index (κ2) is 5.95. The van der Waals surface area contributed by atoms with Crippen LogP contribution >= 0.6 is 11.6 Å². The van der Waals surface area contributed by atoms with Gasteiger partial charge in [-0.2, -0.15) is 5.10 Å². The van der Waals surface area contributed by atoms with E-state index in [0.29, 0.717) is 22.1 Å². The van der Waals surface area contributed by atoms with Crippen molar-refractivity contribution >= 4 is 23.2 Å². The van der Waals surface area contributed by atoms with Crippen molar-refractivity contribution in [3.63, 3.8) is 0 Å². The molecule has 0 aliphatic rings. The van der Waals surface area contributed by atoms with E-state index >= 15 is 0 Å². The molecular formula is C15H12ClN5O. The predicted molar refractivity (Wildman–Crippen MR) is 83.3 cm³/mol. The molecular weight excluding hydrogens is 302 g/mol. The second-order valence-corrected chi connectivity index (χ2v) is 4.98. The van der Waals surface area contributed by atoms with Crippen LogP contribution in [0.15, 0.2) is 49.2 Å². The molecule has 0 radical (unpaired) electrons. The van der Waals surface area contributed by atoms with Gasteiger partial charge in [-0.05, 0) is 24.6 Å². The smallest absolute Gasteiger partial charge is 0.257 e. The summed E-state index contributed by atoms with van der Waals surface area (Å²) >= 11 is 6.18. The lowest BCUT2D eigenvalue weighted by atomic mass is 10.1. The number of carbonyl (C=O) groups is 1. The first-order chi connectivity index (χ1) is 10.7. The first-order valence-corrected chi connectivity index (χ1v) is 6.91. The van der Waals surface area contributed by atoms with Crippen LogP contribution < -0.4 is 5.32 Å². The van der Waals surface area contributed by atoms with Crippen LogP contribution in [-0.4, -0.2) is 25.7 Å². The third kappa shape index (κ3) is 2.68. The van der Waals surface area contributed by atoms with Crippen molar-refractivity contribution in [2.24, 2.45) is 0 Å². The minimum absolute atomic E-state index is 0.322. The fourth-order valence-electron chi connectivity index (χ4n) is 2.00. The van der Waals surface area contributed by atoms with E-state index in [9.17, 15) is 4.79 Å². The Hall–Kier alpha value is -2.73. The van der Waals surface area contributed by atoms with Gasteiger partial charge in [0.1, 0.15) is 12.0 Å². The normalized spacial score (nSPS) is 10.5. The standard InChI is InChI=1S/C15H12ClN5O/c1-10-4-2-5-11(13(10)16)15(22)20-12-8-17-9-18-14(12)21-7-3-6-19-21/h2-9H,1H3,(H,20,22). The van der Waals surface area contributed by atoms with Gasteiger partial charge in [-0.15, -0.1) is 0 Å². The lowest BCUT2D eigenvalue weighted by Gasteiger charge is -2.11. The number of nitrogens with one attached hydrogen (secondary N) is 1. The van der Waals surface area contributed by atoms with Crippen molar-refractivity contribution in [1.29, 1.82) is 0 Å². The SMILES string of the molecule is Cc1cccc(C(=O)Nc2cncnc2-n2cccn2)c1Cl. The van der Waals surface area contributed by atoms with Gasteiger partial charge in [0.05, 0.1) is 16.8 Å². The molecule has 6 nitrogen and oxygen atoms in total. The number of carbonyl (C=O) groups excluding carboxylic acids is 1. The number of nitrogens with zero attached hydrogens (tertiary/aromatic N) is 4. The van der Waals surface area contributed by atoms with Crippen molar-refractivity contribution < 1.29 is 4.79 Å². The van der Waals surface area contributed by atoms with Crippen molar-refractivity contribution in [3.05, 3.63) is 65.3 Å². The molecule has 7 heteroatoms. The molecule has 0 saturated carbocycles. The number of aryl methyl sites for hydroxylation is 1. The molecule has 0 saturated heterocycles. The summed E-state index contributed by atoms with van der Waals surface area (Å²) in [5, 5.41) is 7.31. The van der Waals surface area contributed by atoms with Gasteiger partial charge in [-0.1, -0.05) is 23.7 Å². The molecule has 1 N–H and O–H groups in total. The topological polar surface area (TPSA) is 72.7 Å². The minimum atomic E-state index is -0.322. The Balaban J connectivity index is 1.94. The summed E-state index contributed by atoms with van der Waals surface area (Å²) in [6.45, 7) is 1.85. The highest BCUT2D eigenvalue weighted by Crippen LogP contribution is 2.22. The highest BCUT2D eigenvalue weighted by molar-refractivity contribution is 6.35. The molecule has 0 aliphatic carbocycles. The number of hydrogen-bond acceptors (Lipinski definition) is 4. The number of hydrogen-bond donors (Lipinski definition) is 1. The summed E-state index contributed by atoms with van der Waals surface area (Å²) < 4.78 is 1.55. The van der Waals surface area contributed by atoms with E-state index in [0.717, 1.165) is 5.56 Å². The van der Waals surface area contributed by atoms with E-state index in [2.05, 4.69) is 20.4 Å². The number of benzene rings is 1. The quantitative estimate of drug-likeness (QED) is 0.807. The van der Waals surface area contributed by atoms with Gasteiger partial charge in [-0.3, -0.25) is 4.79 Å². The summed E-state index contributed by atoms with van der Waals surface area (Å²) in [4.78, 5) is 20.5. The Morgan fingerprint density at radius 3 is 2.95 bits per heavy atom. The van der Waals surface area contributed by atoms with Crippen LogP contribution in [-0.2, 0) is 0 Å². The Kier molecular flexibility index (Phi) is 3.84. The van der Waals surface area contributed by atoms with Crippen LogP contribution in [0.5, 0.6) is 0 Å². The second-order valence-electron chi connectivity index (χ2n) is 4.60. The first-order valence-electron chi connectivity index (χ1n) is 6.53. The maximum absolute atomic E-state index is 12.4. The predicted octanol–water partition coefficient (Wildman–Crippen LogP) is 2.88. The summed E-state index contributed by atoms with van der Waals surface area (Å²) in [6, 6.07) is 7.07. The first kappa shape index (κ1) is 14.2. The number of aromatic nitrogens is 4. The van der Waals surface area contributed by atoms with Crippen LogP contribution in [0, 0.1) is 6.92 Å². The van der Waals surface area contributed by atoms with E-state index in [4.69, 9.17) is 11.6 Å². The van der Waals surface area contributed by atoms with E-state index in [1.807, 2.05) is 13.0 Å². The minimum Gasteiger partial charge on any atom is -0.317 e. The van der Waals surface area contributed by atoms with Gasteiger partial charge >= 0.3 is 0 Å². The van der Waals surface area contributed by atoms with Crippen LogP contribution in [0.25, 0.3) is 5.82 Å². The Morgan fingerprint density at radius 2 is 2.18 bits per heavy atom. The largest absolute Gasteiger partial charge is 0.317 e. The summed E-state index contributed by atoms with van der Waals surface area (Å²) in [7, 11) is 0. The van der Waals surface area contributed by atoms with Crippen LogP contribution in [0.3, 0.4) is 0 Å². The highest BCUT2D eigenvalue weighted by atomic mass is 35.5. The maximum Gasteiger partial charge on any atom is 0.257 e. The maximum atomic E-state index is 12.4. The highest BCUT2D eigenvalue weighted by Gasteiger charge is 2.15. The van der Waals surface area contributed by atoms with Gasteiger partial charge in [-0.25, -0.2) is 14.6 Å². The molecule has 0 bridgehead atoms. The molecule has 0 unspecified atom stereocenters. The zero-order valence-electron chi connectivity index (χ0n) is 11.7. The molecule has 3 aromatic rings. The Bertz CT molecular complexity index is 817. The van der Waals surface area contributed by atoms with Crippen molar-refractivity contribution in [1.82, 2.24) is 19.7 Å². The average Bonchev–Trinajstić information content (AvgIpc) is 3.04. The summed E-state index contributed by atoms with van der Waals surface area (Å²) in [6.07, 6.45) is 6.28. The van der Waals surface area contributed by atoms with Gasteiger partial charge in [0, 0.05) is 12.4 Å². The molecule has 1 amide bonds. The lowest BCUT2D eigenvalue weighted by molar-refractivity contribution is 0.102. The van der Waals surface area contributed by atoms with Crippen LogP contribution in [0.2, 0.25) is 5.02 Å². The molecule has 2 aromatic heterocycles. The molecule has 2 heterocycles. The van der Waals surface area contributed by atoms with Crippen LogP contribution in [0.1, 0.15) is 15.9 Å². The third-order valence-corrected chi connectivity index (χ3v) is 3.60. The fourth-order valence-corrected chi connectivity index (χ4v) is 2.21. The molecule has 0 fully saturated rings. The van der Waals surface area contributed by atoms with E-state index in [1.54, 1.807) is 35.3 Å².